The highest BCUT2D eigenvalue weighted by Crippen LogP contribution is 2.30. The highest BCUT2D eigenvalue weighted by atomic mass is 35.5. The van der Waals surface area contributed by atoms with Crippen molar-refractivity contribution in [2.45, 2.75) is 65.7 Å². The number of nitrogens with zero attached hydrogens (tertiary/aromatic N) is 3. The van der Waals surface area contributed by atoms with Crippen molar-refractivity contribution in [1.82, 2.24) is 9.80 Å². The molecule has 1 aliphatic rings. The molecule has 0 saturated carbocycles. The second-order valence-electron chi connectivity index (χ2n) is 12.0. The van der Waals surface area contributed by atoms with Gasteiger partial charge in [-0.05, 0) is 83.4 Å². The van der Waals surface area contributed by atoms with Crippen LogP contribution in [-0.4, -0.2) is 73.0 Å². The van der Waals surface area contributed by atoms with Crippen molar-refractivity contribution >= 4 is 35.2 Å². The lowest BCUT2D eigenvalue weighted by Gasteiger charge is -2.36. The maximum Gasteiger partial charge on any atom is 0.410 e. The predicted molar refractivity (Wildman–Crippen MR) is 159 cm³/mol. The molecule has 9 nitrogen and oxygen atoms in total. The number of methoxy groups -OCH3 is 1. The van der Waals surface area contributed by atoms with Gasteiger partial charge in [-0.1, -0.05) is 23.7 Å². The molecule has 1 saturated heterocycles. The monoisotopic (exact) mass is 574 g/mol. The van der Waals surface area contributed by atoms with E-state index in [9.17, 15) is 9.59 Å². The molecule has 1 aliphatic heterocycles. The second kappa shape index (κ2) is 12.9. The fourth-order valence-corrected chi connectivity index (χ4v) is 4.57. The lowest BCUT2D eigenvalue weighted by Crippen LogP contribution is -2.50. The van der Waals surface area contributed by atoms with E-state index in [1.165, 1.54) is 0 Å². The molecule has 0 aromatic heterocycles. The lowest BCUT2D eigenvalue weighted by atomic mass is 10.1. The van der Waals surface area contributed by atoms with E-state index in [1.807, 2.05) is 71.9 Å². The van der Waals surface area contributed by atoms with E-state index in [1.54, 1.807) is 23.0 Å². The summed E-state index contributed by atoms with van der Waals surface area (Å²) in [4.78, 5) is 31.2. The second-order valence-corrected chi connectivity index (χ2v) is 12.4. The smallest absolute Gasteiger partial charge is 0.410 e. The van der Waals surface area contributed by atoms with Gasteiger partial charge in [-0.3, -0.25) is 0 Å². The van der Waals surface area contributed by atoms with Gasteiger partial charge in [0.15, 0.2) is 0 Å². The van der Waals surface area contributed by atoms with Crippen LogP contribution < -0.4 is 15.4 Å². The highest BCUT2D eigenvalue weighted by Gasteiger charge is 2.26. The van der Waals surface area contributed by atoms with Crippen molar-refractivity contribution in [3.05, 3.63) is 52.5 Å². The Labute approximate surface area is 243 Å². The molecular formula is C30H43ClN4O5. The Bertz CT molecular complexity index is 1170. The van der Waals surface area contributed by atoms with Crippen molar-refractivity contribution in [2.75, 3.05) is 50.5 Å². The Morgan fingerprint density at radius 1 is 0.950 bits per heavy atom. The summed E-state index contributed by atoms with van der Waals surface area (Å²) in [5.74, 6) is 0.547. The first-order valence-corrected chi connectivity index (χ1v) is 13.9. The first-order chi connectivity index (χ1) is 18.6. The van der Waals surface area contributed by atoms with Gasteiger partial charge in [0.2, 0.25) is 0 Å². The van der Waals surface area contributed by atoms with Crippen LogP contribution in [0.25, 0.3) is 0 Å². The Hall–Kier alpha value is -3.33. The number of nitrogens with two attached hydrogens (primary N) is 1. The first kappa shape index (κ1) is 31.2. The number of amides is 2. The first-order valence-electron chi connectivity index (χ1n) is 13.6. The number of ether oxygens (including phenoxy) is 3. The van der Waals surface area contributed by atoms with Gasteiger partial charge in [-0.2, -0.15) is 0 Å². The van der Waals surface area contributed by atoms with Gasteiger partial charge in [0.1, 0.15) is 17.0 Å². The minimum Gasteiger partial charge on any atom is -0.495 e. The SMILES string of the molecule is COc1cc(CCN(Cc2ccc(N3CCN(C(=O)OC(C)(C)C)CC3)cc2)C(=O)OC(C)(C)C)c(Cl)cc1N. The molecule has 1 fully saturated rings. The topological polar surface area (TPSA) is 97.6 Å². The molecule has 0 radical (unpaired) electrons. The summed E-state index contributed by atoms with van der Waals surface area (Å²) in [7, 11) is 1.56. The van der Waals surface area contributed by atoms with Gasteiger partial charge in [-0.25, -0.2) is 9.59 Å². The minimum atomic E-state index is -0.622. The van der Waals surface area contributed by atoms with E-state index in [-0.39, 0.29) is 6.09 Å². The van der Waals surface area contributed by atoms with Crippen molar-refractivity contribution < 1.29 is 23.8 Å². The lowest BCUT2D eigenvalue weighted by molar-refractivity contribution is 0.0227. The molecule has 0 spiro atoms. The fraction of sp³-hybridized carbons (Fsp3) is 0.533. The number of anilines is 2. The van der Waals surface area contributed by atoms with Gasteiger partial charge >= 0.3 is 12.2 Å². The summed E-state index contributed by atoms with van der Waals surface area (Å²) in [5, 5.41) is 0.526. The van der Waals surface area contributed by atoms with E-state index >= 15 is 0 Å². The van der Waals surface area contributed by atoms with Crippen LogP contribution in [0.5, 0.6) is 5.75 Å². The maximum atomic E-state index is 13.1. The number of nitrogen functional groups attached to an aromatic ring is 1. The molecule has 2 N–H and O–H groups in total. The summed E-state index contributed by atoms with van der Waals surface area (Å²) in [6.07, 6.45) is -0.161. The molecule has 1 heterocycles. The van der Waals surface area contributed by atoms with Crippen LogP contribution in [0.1, 0.15) is 52.7 Å². The zero-order valence-electron chi connectivity index (χ0n) is 24.8. The third-order valence-electron chi connectivity index (χ3n) is 6.31. The summed E-state index contributed by atoms with van der Waals surface area (Å²) < 4.78 is 16.5. The summed E-state index contributed by atoms with van der Waals surface area (Å²) in [6, 6.07) is 11.6. The van der Waals surface area contributed by atoms with Crippen LogP contribution in [0.4, 0.5) is 21.0 Å². The average Bonchev–Trinajstić information content (AvgIpc) is 2.86. The highest BCUT2D eigenvalue weighted by molar-refractivity contribution is 6.31. The van der Waals surface area contributed by atoms with Crippen molar-refractivity contribution in [1.29, 1.82) is 0 Å². The van der Waals surface area contributed by atoms with Gasteiger partial charge in [0, 0.05) is 50.0 Å². The Balaban J connectivity index is 1.66. The normalized spacial score (nSPS) is 14.1. The average molecular weight is 575 g/mol. The molecule has 220 valence electrons. The number of carbonyl (C=O) groups is 2. The number of halogens is 1. The molecule has 40 heavy (non-hydrogen) atoms. The third-order valence-corrected chi connectivity index (χ3v) is 6.66. The van der Waals surface area contributed by atoms with Crippen molar-refractivity contribution in [2.24, 2.45) is 0 Å². The zero-order valence-corrected chi connectivity index (χ0v) is 25.5. The Morgan fingerprint density at radius 3 is 2.10 bits per heavy atom. The molecule has 2 amide bonds. The Kier molecular flexibility index (Phi) is 10.1. The predicted octanol–water partition coefficient (Wildman–Crippen LogP) is 5.97. The number of carbonyl (C=O) groups excluding carboxylic acids is 2. The minimum absolute atomic E-state index is 0.275. The maximum absolute atomic E-state index is 13.1. The number of piperazine rings is 1. The molecule has 2 aromatic rings. The summed E-state index contributed by atoms with van der Waals surface area (Å²) in [5.41, 5.74) is 8.17. The largest absolute Gasteiger partial charge is 0.495 e. The molecular weight excluding hydrogens is 532 g/mol. The fourth-order valence-electron chi connectivity index (χ4n) is 4.30. The van der Waals surface area contributed by atoms with Crippen LogP contribution in [0.3, 0.4) is 0 Å². The van der Waals surface area contributed by atoms with E-state index in [2.05, 4.69) is 4.90 Å². The quantitative estimate of drug-likeness (QED) is 0.407. The van der Waals surface area contributed by atoms with Crippen molar-refractivity contribution in [3.63, 3.8) is 0 Å². The molecule has 3 rings (SSSR count). The standard InChI is InChI=1S/C30H43ClN4O5/c1-29(2,3)39-27(36)34-16-14-33(15-17-34)23-10-8-21(9-11-23)20-35(28(37)40-30(4,5)6)13-12-22-18-26(38-7)25(32)19-24(22)31/h8-11,18-19H,12-17,20,32H2,1-7H3. The Morgan fingerprint density at radius 2 is 1.55 bits per heavy atom. The van der Waals surface area contributed by atoms with E-state index in [4.69, 9.17) is 31.5 Å². The summed E-state index contributed by atoms with van der Waals surface area (Å²) >= 11 is 6.43. The number of hydrogen-bond acceptors (Lipinski definition) is 7. The molecule has 0 unspecified atom stereocenters. The summed E-state index contributed by atoms with van der Waals surface area (Å²) in [6.45, 7) is 14.6. The van der Waals surface area contributed by atoms with E-state index in [0.29, 0.717) is 62.1 Å². The third kappa shape index (κ3) is 9.11. The van der Waals surface area contributed by atoms with E-state index < -0.39 is 17.3 Å². The molecule has 0 bridgehead atoms. The van der Waals surface area contributed by atoms with Crippen LogP contribution in [0, 0.1) is 0 Å². The van der Waals surface area contributed by atoms with E-state index in [0.717, 1.165) is 16.8 Å². The van der Waals surface area contributed by atoms with Gasteiger partial charge in [-0.15, -0.1) is 0 Å². The number of rotatable bonds is 7. The molecule has 0 atom stereocenters. The molecule has 0 aliphatic carbocycles. The van der Waals surface area contributed by atoms with Gasteiger partial charge < -0.3 is 34.6 Å². The molecule has 2 aromatic carbocycles. The van der Waals surface area contributed by atoms with Crippen LogP contribution >= 0.6 is 11.6 Å². The number of benzene rings is 2. The number of hydrogen-bond donors (Lipinski definition) is 1. The van der Waals surface area contributed by atoms with Crippen LogP contribution in [0.2, 0.25) is 5.02 Å². The van der Waals surface area contributed by atoms with Gasteiger partial charge in [0.25, 0.3) is 0 Å². The molecule has 10 heteroatoms. The van der Waals surface area contributed by atoms with Crippen molar-refractivity contribution in [3.8, 4) is 5.75 Å². The van der Waals surface area contributed by atoms with Gasteiger partial charge in [0.05, 0.1) is 12.8 Å². The zero-order chi connectivity index (χ0) is 29.7. The van der Waals surface area contributed by atoms with Crippen LogP contribution in [0.15, 0.2) is 36.4 Å². The van der Waals surface area contributed by atoms with Crippen LogP contribution in [-0.2, 0) is 22.4 Å².